The number of nitrogens with two attached hydrogens (primary N) is 1. The number of rotatable bonds is 6. The highest BCUT2D eigenvalue weighted by Crippen LogP contribution is 2.39. The number of hydrogen-bond donors (Lipinski definition) is 3. The summed E-state index contributed by atoms with van der Waals surface area (Å²) in [6.07, 6.45) is 2.63. The number of thiophene rings is 1. The Morgan fingerprint density at radius 2 is 1.97 bits per heavy atom. The molecule has 0 bridgehead atoms. The van der Waals surface area contributed by atoms with E-state index in [4.69, 9.17) is 20.4 Å². The van der Waals surface area contributed by atoms with Gasteiger partial charge in [-0.25, -0.2) is 19.9 Å². The number of aliphatic hydroxyl groups excluding tert-OH is 1. The molecule has 0 unspecified atom stereocenters. The minimum Gasteiger partial charge on any atom is -0.392 e. The van der Waals surface area contributed by atoms with Gasteiger partial charge in [0, 0.05) is 42.5 Å². The first-order valence-corrected chi connectivity index (χ1v) is 12.1. The van der Waals surface area contributed by atoms with Crippen LogP contribution in [-0.4, -0.2) is 69.9 Å². The molecule has 0 saturated carbocycles. The van der Waals surface area contributed by atoms with Gasteiger partial charge in [0.15, 0.2) is 11.6 Å². The first kappa shape index (κ1) is 23.1. The van der Waals surface area contributed by atoms with Gasteiger partial charge in [-0.3, -0.25) is 4.79 Å². The van der Waals surface area contributed by atoms with Gasteiger partial charge in [0.1, 0.15) is 0 Å². The zero-order valence-corrected chi connectivity index (χ0v) is 20.0. The Kier molecular flexibility index (Phi) is 6.53. The molecule has 1 aliphatic heterocycles. The van der Waals surface area contributed by atoms with Gasteiger partial charge in [-0.2, -0.15) is 0 Å². The lowest BCUT2D eigenvalue weighted by Gasteiger charge is -2.28. The Balaban J connectivity index is 1.56. The molecule has 1 atom stereocenters. The largest absolute Gasteiger partial charge is 0.392 e. The maximum absolute atomic E-state index is 12.5. The Morgan fingerprint density at radius 3 is 2.71 bits per heavy atom. The molecule has 11 heteroatoms. The zero-order valence-electron chi connectivity index (χ0n) is 19.1. The number of nitrogens with one attached hydrogen (secondary N) is 1. The van der Waals surface area contributed by atoms with E-state index in [1.165, 1.54) is 0 Å². The lowest BCUT2D eigenvalue weighted by atomic mass is 10.1. The summed E-state index contributed by atoms with van der Waals surface area (Å²) in [5.41, 5.74) is 8.57. The van der Waals surface area contributed by atoms with Gasteiger partial charge in [0.2, 0.25) is 5.95 Å². The van der Waals surface area contributed by atoms with E-state index in [9.17, 15) is 9.90 Å². The van der Waals surface area contributed by atoms with Crippen LogP contribution in [0.25, 0.3) is 32.0 Å². The van der Waals surface area contributed by atoms with Crippen LogP contribution < -0.4 is 16.0 Å². The second-order valence-electron chi connectivity index (χ2n) is 8.27. The molecule has 0 spiro atoms. The van der Waals surface area contributed by atoms with Crippen molar-refractivity contribution in [1.82, 2.24) is 25.3 Å². The van der Waals surface area contributed by atoms with Crippen molar-refractivity contribution in [2.24, 2.45) is 0 Å². The number of nitrogens with zero attached hydrogens (tertiary/aromatic N) is 5. The summed E-state index contributed by atoms with van der Waals surface area (Å²) in [5.74, 6) is 1.33. The van der Waals surface area contributed by atoms with Crippen molar-refractivity contribution < 1.29 is 14.6 Å². The number of ether oxygens (including phenoxy) is 1. The van der Waals surface area contributed by atoms with Gasteiger partial charge in [-0.15, -0.1) is 11.3 Å². The molecule has 1 fully saturated rings. The zero-order chi connectivity index (χ0) is 24.4. The maximum atomic E-state index is 12.5. The predicted molar refractivity (Wildman–Crippen MR) is 135 cm³/mol. The summed E-state index contributed by atoms with van der Waals surface area (Å²) in [7, 11) is 0. The third-order valence-electron chi connectivity index (χ3n) is 5.56. The smallest absolute Gasteiger partial charge is 0.251 e. The van der Waals surface area contributed by atoms with Gasteiger partial charge in [0.25, 0.3) is 5.91 Å². The molecular weight excluding hydrogens is 466 g/mol. The van der Waals surface area contributed by atoms with Gasteiger partial charge in [-0.1, -0.05) is 12.1 Å². The summed E-state index contributed by atoms with van der Waals surface area (Å²) in [6, 6.07) is 9.43. The quantitative estimate of drug-likeness (QED) is 0.371. The van der Waals surface area contributed by atoms with Crippen molar-refractivity contribution in [2.75, 3.05) is 43.5 Å². The number of fused-ring (bicyclic) bond motifs is 1. The van der Waals surface area contributed by atoms with Crippen molar-refractivity contribution in [3.05, 3.63) is 48.3 Å². The van der Waals surface area contributed by atoms with Crippen molar-refractivity contribution in [3.8, 4) is 21.8 Å². The average Bonchev–Trinajstić information content (AvgIpc) is 3.32. The Morgan fingerprint density at radius 1 is 1.20 bits per heavy atom. The van der Waals surface area contributed by atoms with Gasteiger partial charge < -0.3 is 25.8 Å². The topological polar surface area (TPSA) is 139 Å². The number of hydrogen-bond acceptors (Lipinski definition) is 10. The normalized spacial score (nSPS) is 14.7. The Bertz CT molecular complexity index is 1350. The van der Waals surface area contributed by atoms with Crippen LogP contribution in [0.2, 0.25) is 0 Å². The van der Waals surface area contributed by atoms with Crippen molar-refractivity contribution >= 4 is 39.2 Å². The third kappa shape index (κ3) is 5.06. The number of anilines is 2. The maximum Gasteiger partial charge on any atom is 0.251 e. The van der Waals surface area contributed by atoms with E-state index in [1.54, 1.807) is 36.7 Å². The lowest BCUT2D eigenvalue weighted by Crippen LogP contribution is -2.36. The number of carbonyl (C=O) groups excluding carboxylic acids is 1. The molecule has 1 aliphatic rings. The van der Waals surface area contributed by atoms with E-state index in [-0.39, 0.29) is 18.4 Å². The molecule has 0 aliphatic carbocycles. The van der Waals surface area contributed by atoms with Crippen LogP contribution in [0, 0.1) is 0 Å². The van der Waals surface area contributed by atoms with Gasteiger partial charge >= 0.3 is 0 Å². The molecule has 4 aromatic rings. The molecule has 1 aromatic carbocycles. The highest BCUT2D eigenvalue weighted by atomic mass is 32.1. The van der Waals surface area contributed by atoms with E-state index in [0.717, 1.165) is 39.6 Å². The third-order valence-corrected chi connectivity index (χ3v) is 6.73. The van der Waals surface area contributed by atoms with Crippen LogP contribution in [0.5, 0.6) is 0 Å². The first-order valence-electron chi connectivity index (χ1n) is 11.3. The monoisotopic (exact) mass is 491 g/mol. The number of morpholine rings is 1. The molecule has 5 rings (SSSR count). The summed E-state index contributed by atoms with van der Waals surface area (Å²) in [5, 5.41) is 12.2. The fourth-order valence-electron chi connectivity index (χ4n) is 3.79. The second kappa shape index (κ2) is 9.90. The second-order valence-corrected chi connectivity index (χ2v) is 9.32. The fraction of sp³-hybridized carbons (Fsp3) is 0.292. The first-order chi connectivity index (χ1) is 17.0. The molecule has 1 saturated heterocycles. The Labute approximate surface area is 205 Å². The minimum absolute atomic E-state index is 0.193. The lowest BCUT2D eigenvalue weighted by molar-refractivity contribution is 0.0924. The minimum atomic E-state index is -0.609. The molecule has 4 N–H and O–H groups in total. The van der Waals surface area contributed by atoms with E-state index in [2.05, 4.69) is 20.2 Å². The molecule has 10 nitrogen and oxygen atoms in total. The van der Waals surface area contributed by atoms with E-state index in [1.807, 2.05) is 24.3 Å². The average molecular weight is 492 g/mol. The number of benzene rings is 1. The number of aliphatic hydroxyl groups is 1. The number of carbonyl (C=O) groups is 1. The van der Waals surface area contributed by atoms with Crippen LogP contribution >= 0.6 is 11.3 Å². The summed E-state index contributed by atoms with van der Waals surface area (Å²) >= 11 is 1.59. The van der Waals surface area contributed by atoms with E-state index in [0.29, 0.717) is 30.2 Å². The number of aromatic nitrogens is 4. The van der Waals surface area contributed by atoms with Crippen molar-refractivity contribution in [1.29, 1.82) is 0 Å². The molecule has 180 valence electrons. The van der Waals surface area contributed by atoms with E-state index < -0.39 is 6.10 Å². The standard InChI is InChI=1S/C24H25N7O3S/c1-14(32)11-26-23(33)16-4-2-3-15(9-16)19-10-18-20(35-19)22(31-5-7-34-8-6-31)30-21(29-18)17-12-27-24(25)28-13-17/h2-4,9-10,12-14,32H,5-8,11H2,1H3,(H,26,33)(H2,25,27,28)/t14-/m0/s1. The van der Waals surface area contributed by atoms with Gasteiger partial charge in [-0.05, 0) is 30.7 Å². The molecule has 35 heavy (non-hydrogen) atoms. The highest BCUT2D eigenvalue weighted by Gasteiger charge is 2.21. The van der Waals surface area contributed by atoms with E-state index >= 15 is 0 Å². The molecule has 0 radical (unpaired) electrons. The van der Waals surface area contributed by atoms with Crippen LogP contribution in [0.4, 0.5) is 11.8 Å². The van der Waals surface area contributed by atoms with Gasteiger partial charge in [0.05, 0.1) is 35.1 Å². The fourth-order valence-corrected chi connectivity index (χ4v) is 4.90. The number of amides is 1. The molecule has 1 amide bonds. The SMILES string of the molecule is C[C@H](O)CNC(=O)c1cccc(-c2cc3nc(-c4cnc(N)nc4)nc(N4CCOCC4)c3s2)c1. The molecular formula is C24H25N7O3S. The molecule has 4 heterocycles. The number of nitrogen functional groups attached to an aromatic ring is 1. The highest BCUT2D eigenvalue weighted by molar-refractivity contribution is 7.22. The summed E-state index contributed by atoms with van der Waals surface area (Å²) in [4.78, 5) is 33.5. The summed E-state index contributed by atoms with van der Waals surface area (Å²) in [6.45, 7) is 4.56. The van der Waals surface area contributed by atoms with Crippen molar-refractivity contribution in [3.63, 3.8) is 0 Å². The summed E-state index contributed by atoms with van der Waals surface area (Å²) < 4.78 is 6.50. The van der Waals surface area contributed by atoms with Crippen LogP contribution in [0.15, 0.2) is 42.7 Å². The predicted octanol–water partition coefficient (Wildman–Crippen LogP) is 2.34. The molecule has 3 aromatic heterocycles. The van der Waals surface area contributed by atoms with Crippen molar-refractivity contribution in [2.45, 2.75) is 13.0 Å². The van der Waals surface area contributed by atoms with Crippen LogP contribution in [0.3, 0.4) is 0 Å². The van der Waals surface area contributed by atoms with Crippen LogP contribution in [-0.2, 0) is 4.74 Å². The Hall–Kier alpha value is -3.67. The van der Waals surface area contributed by atoms with Crippen LogP contribution in [0.1, 0.15) is 17.3 Å².